The first-order chi connectivity index (χ1) is 11.8. The molecule has 6 nitrogen and oxygen atoms in total. The number of carbonyl (C=O) groups excluding carboxylic acids is 2. The van der Waals surface area contributed by atoms with Gasteiger partial charge in [-0.2, -0.15) is 0 Å². The van der Waals surface area contributed by atoms with E-state index in [0.717, 1.165) is 18.4 Å². The first-order valence-corrected chi connectivity index (χ1v) is 8.75. The van der Waals surface area contributed by atoms with Gasteiger partial charge in [0.1, 0.15) is 11.4 Å². The predicted octanol–water partition coefficient (Wildman–Crippen LogP) is 2.72. The van der Waals surface area contributed by atoms with Crippen molar-refractivity contribution in [3.63, 3.8) is 0 Å². The summed E-state index contributed by atoms with van der Waals surface area (Å²) in [5, 5.41) is 0. The number of rotatable bonds is 2. The van der Waals surface area contributed by atoms with E-state index in [1.165, 1.54) is 5.56 Å². The van der Waals surface area contributed by atoms with Crippen LogP contribution in [0.3, 0.4) is 0 Å². The molecule has 2 heterocycles. The molecule has 0 aliphatic carbocycles. The van der Waals surface area contributed by atoms with Gasteiger partial charge in [0.2, 0.25) is 0 Å². The number of carbonyl (C=O) groups is 2. The van der Waals surface area contributed by atoms with Crippen molar-refractivity contribution >= 4 is 12.1 Å². The van der Waals surface area contributed by atoms with Crippen LogP contribution in [0.2, 0.25) is 0 Å². The zero-order valence-electron chi connectivity index (χ0n) is 15.0. The van der Waals surface area contributed by atoms with Gasteiger partial charge < -0.3 is 19.1 Å². The van der Waals surface area contributed by atoms with E-state index in [-0.39, 0.29) is 12.1 Å². The molecule has 1 aromatic carbocycles. The van der Waals surface area contributed by atoms with Crippen molar-refractivity contribution in [3.8, 4) is 5.75 Å². The summed E-state index contributed by atoms with van der Waals surface area (Å²) in [7, 11) is 0. The molecule has 0 aromatic heterocycles. The molecule has 6 heteroatoms. The predicted molar refractivity (Wildman–Crippen MR) is 91.6 cm³/mol. The van der Waals surface area contributed by atoms with Crippen LogP contribution in [0, 0.1) is 0 Å². The van der Waals surface area contributed by atoms with E-state index in [9.17, 15) is 9.59 Å². The van der Waals surface area contributed by atoms with Gasteiger partial charge in [0, 0.05) is 19.5 Å². The van der Waals surface area contributed by atoms with Crippen LogP contribution >= 0.6 is 0 Å². The minimum absolute atomic E-state index is 0.273. The maximum Gasteiger partial charge on any atom is 0.410 e. The smallest absolute Gasteiger partial charge is 0.410 e. The van der Waals surface area contributed by atoms with E-state index in [2.05, 4.69) is 0 Å². The number of esters is 1. The molecule has 0 saturated carbocycles. The normalized spacial score (nSPS) is 20.5. The molecular weight excluding hydrogens is 322 g/mol. The van der Waals surface area contributed by atoms with Gasteiger partial charge >= 0.3 is 12.1 Å². The summed E-state index contributed by atoms with van der Waals surface area (Å²) in [6.07, 6.45) is 1.32. The number of amides is 1. The Balaban J connectivity index is 1.65. The molecule has 0 spiro atoms. The highest BCUT2D eigenvalue weighted by Gasteiger charge is 2.29. The highest BCUT2D eigenvalue weighted by Crippen LogP contribution is 2.25. The van der Waals surface area contributed by atoms with Gasteiger partial charge in [0.05, 0.1) is 6.61 Å². The van der Waals surface area contributed by atoms with Crippen LogP contribution in [0.5, 0.6) is 5.75 Å². The van der Waals surface area contributed by atoms with Crippen LogP contribution in [-0.2, 0) is 27.1 Å². The average Bonchev–Trinajstić information content (AvgIpc) is 2.81. The van der Waals surface area contributed by atoms with Crippen LogP contribution < -0.4 is 4.74 Å². The molecule has 0 bridgehead atoms. The van der Waals surface area contributed by atoms with Crippen molar-refractivity contribution in [2.75, 3.05) is 19.7 Å². The molecular formula is C19H25NO5. The topological polar surface area (TPSA) is 65.1 Å². The number of fused-ring (bicyclic) bond motifs is 1. The molecule has 1 saturated heterocycles. The lowest BCUT2D eigenvalue weighted by Crippen LogP contribution is -2.38. The molecule has 136 valence electrons. The third-order valence-corrected chi connectivity index (χ3v) is 4.30. The van der Waals surface area contributed by atoms with Crippen LogP contribution in [0.1, 0.15) is 38.3 Å². The largest absolute Gasteiger partial charge is 0.479 e. The highest BCUT2D eigenvalue weighted by molar-refractivity contribution is 5.76. The summed E-state index contributed by atoms with van der Waals surface area (Å²) in [5.41, 5.74) is 1.86. The molecule has 0 radical (unpaired) electrons. The monoisotopic (exact) mass is 347 g/mol. The fraction of sp³-hybridized carbons (Fsp3) is 0.579. The van der Waals surface area contributed by atoms with Crippen LogP contribution in [0.4, 0.5) is 4.79 Å². The van der Waals surface area contributed by atoms with Crippen molar-refractivity contribution in [1.82, 2.24) is 4.90 Å². The first-order valence-electron chi connectivity index (χ1n) is 8.75. The SMILES string of the molecule is CC(C)(C)OC(=O)N1CCc2ccc(OC3CCOC3=O)cc2CC1. The molecule has 3 rings (SSSR count). The lowest BCUT2D eigenvalue weighted by molar-refractivity contribution is -0.143. The van der Waals surface area contributed by atoms with Gasteiger partial charge in [-0.25, -0.2) is 9.59 Å². The Morgan fingerprint density at radius 1 is 1.20 bits per heavy atom. The quantitative estimate of drug-likeness (QED) is 0.770. The Hall–Kier alpha value is -2.24. The second-order valence-electron chi connectivity index (χ2n) is 7.46. The number of ether oxygens (including phenoxy) is 3. The first kappa shape index (κ1) is 17.6. The molecule has 2 aliphatic rings. The second kappa shape index (κ2) is 6.94. The molecule has 1 aromatic rings. The lowest BCUT2D eigenvalue weighted by Gasteiger charge is -2.26. The van der Waals surface area contributed by atoms with Gasteiger partial charge in [0.25, 0.3) is 0 Å². The third kappa shape index (κ3) is 4.44. The molecule has 2 aliphatic heterocycles. The highest BCUT2D eigenvalue weighted by atomic mass is 16.6. The molecule has 25 heavy (non-hydrogen) atoms. The molecule has 1 atom stereocenters. The van der Waals surface area contributed by atoms with E-state index < -0.39 is 11.7 Å². The van der Waals surface area contributed by atoms with E-state index in [4.69, 9.17) is 14.2 Å². The summed E-state index contributed by atoms with van der Waals surface area (Å²) in [4.78, 5) is 25.6. The van der Waals surface area contributed by atoms with E-state index in [0.29, 0.717) is 31.9 Å². The van der Waals surface area contributed by atoms with E-state index >= 15 is 0 Å². The Morgan fingerprint density at radius 3 is 2.56 bits per heavy atom. The Bertz CT molecular complexity index is 664. The van der Waals surface area contributed by atoms with Gasteiger partial charge in [-0.15, -0.1) is 0 Å². The lowest BCUT2D eigenvalue weighted by atomic mass is 10.0. The van der Waals surface area contributed by atoms with Crippen molar-refractivity contribution in [3.05, 3.63) is 29.3 Å². The van der Waals surface area contributed by atoms with Crippen molar-refractivity contribution in [1.29, 1.82) is 0 Å². The number of cyclic esters (lactones) is 1. The summed E-state index contributed by atoms with van der Waals surface area (Å²) in [6, 6.07) is 5.87. The Kier molecular flexibility index (Phi) is 4.88. The number of hydrogen-bond acceptors (Lipinski definition) is 5. The van der Waals surface area contributed by atoms with Crippen LogP contribution in [-0.4, -0.2) is 48.4 Å². The third-order valence-electron chi connectivity index (χ3n) is 4.30. The standard InChI is InChI=1S/C19H25NO5/c1-19(2,3)25-18(22)20-9-6-13-4-5-15(12-14(13)7-10-20)24-16-8-11-23-17(16)21/h4-5,12,16H,6-11H2,1-3H3. The molecule has 1 unspecified atom stereocenters. The number of nitrogens with zero attached hydrogens (tertiary/aromatic N) is 1. The van der Waals surface area contributed by atoms with E-state index in [1.54, 1.807) is 4.90 Å². The van der Waals surface area contributed by atoms with Crippen LogP contribution in [0.25, 0.3) is 0 Å². The molecule has 0 N–H and O–H groups in total. The molecule has 1 fully saturated rings. The summed E-state index contributed by atoms with van der Waals surface area (Å²) < 4.78 is 16.2. The van der Waals surface area contributed by atoms with Crippen molar-refractivity contribution < 1.29 is 23.8 Å². The maximum absolute atomic E-state index is 12.3. The van der Waals surface area contributed by atoms with Crippen molar-refractivity contribution in [2.24, 2.45) is 0 Å². The Labute approximate surface area is 148 Å². The fourth-order valence-electron chi connectivity index (χ4n) is 3.03. The van der Waals surface area contributed by atoms with Crippen LogP contribution in [0.15, 0.2) is 18.2 Å². The Morgan fingerprint density at radius 2 is 1.92 bits per heavy atom. The second-order valence-corrected chi connectivity index (χ2v) is 7.46. The van der Waals surface area contributed by atoms with Crippen molar-refractivity contribution in [2.45, 2.75) is 51.7 Å². The maximum atomic E-state index is 12.3. The minimum atomic E-state index is -0.512. The van der Waals surface area contributed by atoms with Gasteiger partial charge in [-0.3, -0.25) is 0 Å². The van der Waals surface area contributed by atoms with Gasteiger partial charge in [-0.05, 0) is 56.9 Å². The zero-order valence-corrected chi connectivity index (χ0v) is 15.0. The minimum Gasteiger partial charge on any atom is -0.479 e. The fourth-order valence-corrected chi connectivity index (χ4v) is 3.03. The summed E-state index contributed by atoms with van der Waals surface area (Å²) >= 11 is 0. The summed E-state index contributed by atoms with van der Waals surface area (Å²) in [6.45, 7) is 7.27. The van der Waals surface area contributed by atoms with E-state index in [1.807, 2.05) is 39.0 Å². The summed E-state index contributed by atoms with van der Waals surface area (Å²) in [5.74, 6) is 0.374. The average molecular weight is 347 g/mol. The molecule has 1 amide bonds. The number of benzene rings is 1. The zero-order chi connectivity index (χ0) is 18.0. The van der Waals surface area contributed by atoms with Gasteiger partial charge in [-0.1, -0.05) is 6.07 Å². The van der Waals surface area contributed by atoms with Gasteiger partial charge in [0.15, 0.2) is 6.10 Å². The number of hydrogen-bond donors (Lipinski definition) is 0.